The van der Waals surface area contributed by atoms with Crippen LogP contribution in [-0.4, -0.2) is 40.0 Å². The number of amides is 1. The second-order valence-electron chi connectivity index (χ2n) is 10.2. The van der Waals surface area contributed by atoms with Crippen molar-refractivity contribution in [3.63, 3.8) is 0 Å². The fourth-order valence-electron chi connectivity index (χ4n) is 5.36. The fourth-order valence-corrected chi connectivity index (χ4v) is 5.36. The Morgan fingerprint density at radius 2 is 1.59 bits per heavy atom. The van der Waals surface area contributed by atoms with Gasteiger partial charge in [-0.15, -0.1) is 0 Å². The summed E-state index contributed by atoms with van der Waals surface area (Å²) in [6.45, 7) is 9.30. The standard InChI is InChI=1S/C31H37N3O3/c1-22-16-23(2)28(24(3)17-22)21-33-14-7-5-4-6-8-15-34(30(35)26-10-9-13-32-19-26)29-12-11-25(31(36)37)18-27(29)20-33/h9-13,16-19H,4-8,14-15,20-21H2,1-3H3,(H,36,37). The molecule has 3 aromatic rings. The number of rotatable bonds is 4. The molecule has 1 aliphatic rings. The molecule has 37 heavy (non-hydrogen) atoms. The van der Waals surface area contributed by atoms with Gasteiger partial charge in [0.15, 0.2) is 0 Å². The number of carbonyl (C=O) groups excluding carboxylic acids is 1. The van der Waals surface area contributed by atoms with E-state index in [2.05, 4.69) is 42.8 Å². The number of pyridine rings is 1. The van der Waals surface area contributed by atoms with Gasteiger partial charge < -0.3 is 10.0 Å². The molecule has 0 aliphatic carbocycles. The first kappa shape index (κ1) is 26.6. The summed E-state index contributed by atoms with van der Waals surface area (Å²) >= 11 is 0. The largest absolute Gasteiger partial charge is 0.478 e. The van der Waals surface area contributed by atoms with Gasteiger partial charge in [-0.25, -0.2) is 4.79 Å². The number of carboxylic acids is 1. The number of benzene rings is 2. The number of aromatic carboxylic acids is 1. The summed E-state index contributed by atoms with van der Waals surface area (Å²) in [5.41, 5.74) is 7.54. The molecule has 4 rings (SSSR count). The molecule has 0 saturated carbocycles. The minimum absolute atomic E-state index is 0.105. The number of aryl methyl sites for hydroxylation is 3. The predicted octanol–water partition coefficient (Wildman–Crippen LogP) is 6.32. The molecule has 6 heteroatoms. The quantitative estimate of drug-likeness (QED) is 0.455. The topological polar surface area (TPSA) is 73.7 Å². The average molecular weight is 500 g/mol. The fraction of sp³-hybridized carbons (Fsp3) is 0.387. The molecular weight excluding hydrogens is 462 g/mol. The van der Waals surface area contributed by atoms with E-state index in [1.807, 2.05) is 4.90 Å². The van der Waals surface area contributed by atoms with Crippen molar-refractivity contribution in [1.29, 1.82) is 0 Å². The van der Waals surface area contributed by atoms with Crippen molar-refractivity contribution in [2.75, 3.05) is 18.0 Å². The summed E-state index contributed by atoms with van der Waals surface area (Å²) in [6, 6.07) is 13.2. The Morgan fingerprint density at radius 1 is 0.892 bits per heavy atom. The molecule has 2 aromatic carbocycles. The van der Waals surface area contributed by atoms with E-state index in [4.69, 9.17) is 0 Å². The molecule has 0 radical (unpaired) electrons. The summed E-state index contributed by atoms with van der Waals surface area (Å²) in [5, 5.41) is 9.75. The molecule has 0 atom stereocenters. The highest BCUT2D eigenvalue weighted by Gasteiger charge is 2.23. The molecular formula is C31H37N3O3. The Kier molecular flexibility index (Phi) is 8.72. The van der Waals surface area contributed by atoms with Crippen molar-refractivity contribution >= 4 is 17.6 Å². The normalized spacial score (nSPS) is 15.4. The van der Waals surface area contributed by atoms with Crippen LogP contribution < -0.4 is 4.90 Å². The third-order valence-corrected chi connectivity index (χ3v) is 7.24. The van der Waals surface area contributed by atoms with Crippen LogP contribution in [0.15, 0.2) is 54.9 Å². The predicted molar refractivity (Wildman–Crippen MR) is 147 cm³/mol. The smallest absolute Gasteiger partial charge is 0.335 e. The van der Waals surface area contributed by atoms with E-state index in [-0.39, 0.29) is 11.5 Å². The van der Waals surface area contributed by atoms with Crippen LogP contribution in [0.5, 0.6) is 0 Å². The zero-order chi connectivity index (χ0) is 26.4. The van der Waals surface area contributed by atoms with Crippen LogP contribution in [0.25, 0.3) is 0 Å². The van der Waals surface area contributed by atoms with Crippen molar-refractivity contribution < 1.29 is 14.7 Å². The van der Waals surface area contributed by atoms with Crippen molar-refractivity contribution in [3.8, 4) is 0 Å². The highest BCUT2D eigenvalue weighted by Crippen LogP contribution is 2.29. The van der Waals surface area contributed by atoms with Crippen LogP contribution in [-0.2, 0) is 13.1 Å². The van der Waals surface area contributed by atoms with Crippen molar-refractivity contribution in [1.82, 2.24) is 9.88 Å². The highest BCUT2D eigenvalue weighted by molar-refractivity contribution is 6.06. The van der Waals surface area contributed by atoms with Gasteiger partial charge >= 0.3 is 5.97 Å². The number of carboxylic acid groups (broad SMARTS) is 1. The van der Waals surface area contributed by atoms with E-state index in [0.29, 0.717) is 18.7 Å². The summed E-state index contributed by atoms with van der Waals surface area (Å²) in [5.74, 6) is -1.07. The van der Waals surface area contributed by atoms with Crippen LogP contribution in [0.4, 0.5) is 5.69 Å². The van der Waals surface area contributed by atoms with Gasteiger partial charge in [-0.1, -0.05) is 37.0 Å². The van der Waals surface area contributed by atoms with Gasteiger partial charge in [0.1, 0.15) is 0 Å². The first-order valence-corrected chi connectivity index (χ1v) is 13.2. The number of carbonyl (C=O) groups is 2. The van der Waals surface area contributed by atoms with Crippen molar-refractivity contribution in [3.05, 3.63) is 93.8 Å². The maximum Gasteiger partial charge on any atom is 0.335 e. The Morgan fingerprint density at radius 3 is 2.27 bits per heavy atom. The highest BCUT2D eigenvalue weighted by atomic mass is 16.4. The van der Waals surface area contributed by atoms with Crippen LogP contribution in [0.1, 0.15) is 80.6 Å². The van der Waals surface area contributed by atoms with Crippen molar-refractivity contribution in [2.45, 2.75) is 66.0 Å². The van der Waals surface area contributed by atoms with Gasteiger partial charge in [-0.2, -0.15) is 0 Å². The second-order valence-corrected chi connectivity index (χ2v) is 10.2. The molecule has 0 fully saturated rings. The SMILES string of the molecule is Cc1cc(C)c(CN2CCCCCCCN(C(=O)c3cccnc3)c3ccc(C(=O)O)cc3C2)c(C)c1. The third kappa shape index (κ3) is 6.63. The molecule has 0 bridgehead atoms. The molecule has 1 amide bonds. The molecule has 0 spiro atoms. The lowest BCUT2D eigenvalue weighted by Crippen LogP contribution is -2.34. The Bertz CT molecular complexity index is 1230. The minimum Gasteiger partial charge on any atom is -0.478 e. The summed E-state index contributed by atoms with van der Waals surface area (Å²) in [6.07, 6.45) is 8.58. The number of aromatic nitrogens is 1. The van der Waals surface area contributed by atoms with Gasteiger partial charge in [0.25, 0.3) is 5.91 Å². The second kappa shape index (κ2) is 12.2. The van der Waals surface area contributed by atoms with Gasteiger partial charge in [-0.05, 0) is 92.7 Å². The number of hydrogen-bond donors (Lipinski definition) is 1. The number of fused-ring (bicyclic) bond motifs is 1. The molecule has 0 saturated heterocycles. The first-order valence-electron chi connectivity index (χ1n) is 13.2. The number of anilines is 1. The monoisotopic (exact) mass is 499 g/mol. The number of nitrogens with zero attached hydrogens (tertiary/aromatic N) is 3. The lowest BCUT2D eigenvalue weighted by Gasteiger charge is -2.30. The third-order valence-electron chi connectivity index (χ3n) is 7.24. The summed E-state index contributed by atoms with van der Waals surface area (Å²) in [4.78, 5) is 33.9. The van der Waals surface area contributed by atoms with Gasteiger partial charge in [-0.3, -0.25) is 14.7 Å². The molecule has 1 aromatic heterocycles. The van der Waals surface area contributed by atoms with E-state index in [1.54, 1.807) is 42.7 Å². The molecule has 6 nitrogen and oxygen atoms in total. The first-order chi connectivity index (χ1) is 17.8. The maximum absolute atomic E-state index is 13.6. The van der Waals surface area contributed by atoms with Crippen LogP contribution >= 0.6 is 0 Å². The Balaban J connectivity index is 1.76. The molecule has 1 aliphatic heterocycles. The number of hydrogen-bond acceptors (Lipinski definition) is 4. The zero-order valence-corrected chi connectivity index (χ0v) is 22.2. The molecule has 0 unspecified atom stereocenters. The van der Waals surface area contributed by atoms with E-state index in [9.17, 15) is 14.7 Å². The van der Waals surface area contributed by atoms with Crippen LogP contribution in [0.2, 0.25) is 0 Å². The zero-order valence-electron chi connectivity index (χ0n) is 22.2. The lowest BCUT2D eigenvalue weighted by atomic mass is 9.98. The van der Waals surface area contributed by atoms with E-state index in [0.717, 1.165) is 56.4 Å². The molecule has 194 valence electrons. The van der Waals surface area contributed by atoms with E-state index in [1.165, 1.54) is 22.3 Å². The van der Waals surface area contributed by atoms with E-state index >= 15 is 0 Å². The van der Waals surface area contributed by atoms with E-state index < -0.39 is 5.97 Å². The molecule has 2 heterocycles. The average Bonchev–Trinajstić information content (AvgIpc) is 2.87. The summed E-state index contributed by atoms with van der Waals surface area (Å²) in [7, 11) is 0. The van der Waals surface area contributed by atoms with Crippen LogP contribution in [0, 0.1) is 20.8 Å². The Labute approximate surface area is 220 Å². The minimum atomic E-state index is -0.962. The van der Waals surface area contributed by atoms with Gasteiger partial charge in [0.2, 0.25) is 0 Å². The molecule has 1 N–H and O–H groups in total. The van der Waals surface area contributed by atoms with Crippen LogP contribution in [0.3, 0.4) is 0 Å². The van der Waals surface area contributed by atoms with Gasteiger partial charge in [0, 0.05) is 37.7 Å². The lowest BCUT2D eigenvalue weighted by molar-refractivity contribution is 0.0696. The summed E-state index contributed by atoms with van der Waals surface area (Å²) < 4.78 is 0. The maximum atomic E-state index is 13.6. The van der Waals surface area contributed by atoms with Gasteiger partial charge in [0.05, 0.1) is 11.1 Å². The Hall–Kier alpha value is -3.51. The van der Waals surface area contributed by atoms with Crippen molar-refractivity contribution in [2.24, 2.45) is 0 Å².